The number of hydrogen-bond donors (Lipinski definition) is 2. The van der Waals surface area contributed by atoms with Gasteiger partial charge in [0.05, 0.1) is 0 Å². The molecule has 2 atom stereocenters. The predicted octanol–water partition coefficient (Wildman–Crippen LogP) is 0.888. The Morgan fingerprint density at radius 3 is 2.77 bits per heavy atom. The van der Waals surface area contributed by atoms with Crippen molar-refractivity contribution in [3.05, 3.63) is 0 Å². The van der Waals surface area contributed by atoms with Crippen LogP contribution in [-0.4, -0.2) is 19.0 Å². The molecule has 0 saturated heterocycles. The third-order valence-corrected chi connectivity index (χ3v) is 2.86. The zero-order valence-corrected chi connectivity index (χ0v) is 8.38. The highest BCUT2D eigenvalue weighted by molar-refractivity contribution is 5.72. The molecule has 1 rings (SSSR count). The quantitative estimate of drug-likeness (QED) is 0.684. The van der Waals surface area contributed by atoms with Crippen molar-refractivity contribution >= 4 is 5.91 Å². The van der Waals surface area contributed by atoms with Crippen LogP contribution < -0.4 is 11.1 Å². The van der Waals surface area contributed by atoms with Crippen LogP contribution in [0.25, 0.3) is 0 Å². The molecule has 3 nitrogen and oxygen atoms in total. The number of carbonyl (C=O) groups excluding carboxylic acids is 1. The fourth-order valence-corrected chi connectivity index (χ4v) is 2.09. The third kappa shape index (κ3) is 3.77. The molecule has 1 amide bonds. The molecule has 76 valence electrons. The number of rotatable bonds is 3. The van der Waals surface area contributed by atoms with Crippen molar-refractivity contribution in [2.45, 2.75) is 32.6 Å². The second-order valence-electron chi connectivity index (χ2n) is 4.07. The Hall–Kier alpha value is -0.570. The molecular weight excluding hydrogens is 164 g/mol. The zero-order valence-electron chi connectivity index (χ0n) is 8.38. The molecule has 1 fully saturated rings. The molecule has 13 heavy (non-hydrogen) atoms. The van der Waals surface area contributed by atoms with Gasteiger partial charge in [-0.25, -0.2) is 0 Å². The summed E-state index contributed by atoms with van der Waals surface area (Å²) in [6.45, 7) is 3.21. The predicted molar refractivity (Wildman–Crippen MR) is 53.2 cm³/mol. The lowest BCUT2D eigenvalue weighted by Gasteiger charge is -2.28. The van der Waals surface area contributed by atoms with E-state index < -0.39 is 0 Å². The normalized spacial score (nSPS) is 28.5. The van der Waals surface area contributed by atoms with Gasteiger partial charge in [0, 0.05) is 13.5 Å². The van der Waals surface area contributed by atoms with Gasteiger partial charge in [-0.15, -0.1) is 0 Å². The van der Waals surface area contributed by atoms with Gasteiger partial charge in [0.2, 0.25) is 5.91 Å². The Balaban J connectivity index is 2.21. The maximum absolute atomic E-state index is 10.7. The molecule has 3 heteroatoms. The number of amides is 1. The molecule has 2 unspecified atom stereocenters. The van der Waals surface area contributed by atoms with Crippen LogP contribution in [0.5, 0.6) is 0 Å². The summed E-state index contributed by atoms with van der Waals surface area (Å²) in [5.74, 6) is 1.42. The van der Waals surface area contributed by atoms with Gasteiger partial charge in [-0.2, -0.15) is 0 Å². The van der Waals surface area contributed by atoms with Gasteiger partial charge in [-0.05, 0) is 37.6 Å². The van der Waals surface area contributed by atoms with Gasteiger partial charge in [0.25, 0.3) is 0 Å². The van der Waals surface area contributed by atoms with Crippen LogP contribution in [0, 0.1) is 11.8 Å². The lowest BCUT2D eigenvalue weighted by molar-refractivity contribution is -0.119. The highest BCUT2D eigenvalue weighted by Gasteiger charge is 2.20. The van der Waals surface area contributed by atoms with Crippen molar-refractivity contribution < 1.29 is 4.79 Å². The molecule has 3 N–H and O–H groups in total. The van der Waals surface area contributed by atoms with Crippen LogP contribution in [0.2, 0.25) is 0 Å². The van der Waals surface area contributed by atoms with Gasteiger partial charge in [0.15, 0.2) is 0 Å². The fourth-order valence-electron chi connectivity index (χ4n) is 2.09. The molecule has 0 radical (unpaired) electrons. The Kier molecular flexibility index (Phi) is 4.22. The number of hydrogen-bond acceptors (Lipinski definition) is 2. The fraction of sp³-hybridized carbons (Fsp3) is 0.900. The minimum atomic E-state index is 0.0786. The summed E-state index contributed by atoms with van der Waals surface area (Å²) in [5, 5.41) is 2.88. The smallest absolute Gasteiger partial charge is 0.216 e. The summed E-state index contributed by atoms with van der Waals surface area (Å²) in [6, 6.07) is 0. The average molecular weight is 184 g/mol. The van der Waals surface area contributed by atoms with E-state index in [-0.39, 0.29) is 5.91 Å². The Morgan fingerprint density at radius 2 is 2.15 bits per heavy atom. The lowest BCUT2D eigenvalue weighted by atomic mass is 9.81. The Labute approximate surface area is 80.1 Å². The molecule has 0 aliphatic heterocycles. The molecule has 1 aliphatic carbocycles. The Bertz CT molecular complexity index is 170. The first-order valence-electron chi connectivity index (χ1n) is 5.17. The van der Waals surface area contributed by atoms with E-state index >= 15 is 0 Å². The van der Waals surface area contributed by atoms with Crippen LogP contribution >= 0.6 is 0 Å². The molecule has 0 aromatic carbocycles. The van der Waals surface area contributed by atoms with E-state index in [1.54, 1.807) is 6.92 Å². The van der Waals surface area contributed by atoms with Gasteiger partial charge in [-0.3, -0.25) is 4.79 Å². The first-order valence-corrected chi connectivity index (χ1v) is 5.17. The topological polar surface area (TPSA) is 55.1 Å². The largest absolute Gasteiger partial charge is 0.356 e. The number of nitrogens with one attached hydrogen (secondary N) is 1. The summed E-state index contributed by atoms with van der Waals surface area (Å²) in [5.41, 5.74) is 5.63. The summed E-state index contributed by atoms with van der Waals surface area (Å²) in [7, 11) is 0. The van der Waals surface area contributed by atoms with Crippen LogP contribution in [-0.2, 0) is 4.79 Å². The average Bonchev–Trinajstić information content (AvgIpc) is 2.15. The highest BCUT2D eigenvalue weighted by atomic mass is 16.1. The number of nitrogens with two attached hydrogens (primary N) is 1. The SMILES string of the molecule is CC(=O)NCC1CCCC(CN)C1. The molecule has 0 aromatic heterocycles. The van der Waals surface area contributed by atoms with E-state index in [9.17, 15) is 4.79 Å². The molecule has 0 bridgehead atoms. The van der Waals surface area contributed by atoms with Gasteiger partial charge < -0.3 is 11.1 Å². The van der Waals surface area contributed by atoms with E-state index in [0.29, 0.717) is 11.8 Å². The van der Waals surface area contributed by atoms with Gasteiger partial charge >= 0.3 is 0 Å². The van der Waals surface area contributed by atoms with Crippen LogP contribution in [0.15, 0.2) is 0 Å². The summed E-state index contributed by atoms with van der Waals surface area (Å²) < 4.78 is 0. The van der Waals surface area contributed by atoms with Crippen LogP contribution in [0.3, 0.4) is 0 Å². The zero-order chi connectivity index (χ0) is 9.68. The third-order valence-electron chi connectivity index (χ3n) is 2.86. The standard InChI is InChI=1S/C10H20N2O/c1-8(13)12-7-10-4-2-3-9(5-10)6-11/h9-10H,2-7,11H2,1H3,(H,12,13). The molecule has 1 saturated carbocycles. The first kappa shape index (κ1) is 10.5. The van der Waals surface area contributed by atoms with E-state index in [2.05, 4.69) is 5.32 Å². The number of carbonyl (C=O) groups is 1. The molecular formula is C10H20N2O. The van der Waals surface area contributed by atoms with E-state index in [1.807, 2.05) is 0 Å². The molecule has 0 aromatic rings. The van der Waals surface area contributed by atoms with Crippen molar-refractivity contribution in [2.24, 2.45) is 17.6 Å². The van der Waals surface area contributed by atoms with Crippen molar-refractivity contribution in [3.8, 4) is 0 Å². The minimum absolute atomic E-state index is 0.0786. The summed E-state index contributed by atoms with van der Waals surface area (Å²) in [6.07, 6.45) is 4.98. The minimum Gasteiger partial charge on any atom is -0.356 e. The summed E-state index contributed by atoms with van der Waals surface area (Å²) in [4.78, 5) is 10.7. The van der Waals surface area contributed by atoms with Crippen LogP contribution in [0.1, 0.15) is 32.6 Å². The van der Waals surface area contributed by atoms with E-state index in [0.717, 1.165) is 13.1 Å². The Morgan fingerprint density at radius 1 is 1.46 bits per heavy atom. The molecule has 0 heterocycles. The van der Waals surface area contributed by atoms with Gasteiger partial charge in [0.1, 0.15) is 0 Å². The van der Waals surface area contributed by atoms with Crippen LogP contribution in [0.4, 0.5) is 0 Å². The van der Waals surface area contributed by atoms with Gasteiger partial charge in [-0.1, -0.05) is 6.42 Å². The second kappa shape index (κ2) is 5.22. The van der Waals surface area contributed by atoms with E-state index in [1.165, 1.54) is 25.7 Å². The highest BCUT2D eigenvalue weighted by Crippen LogP contribution is 2.27. The van der Waals surface area contributed by atoms with E-state index in [4.69, 9.17) is 5.73 Å². The van der Waals surface area contributed by atoms with Crippen molar-refractivity contribution in [3.63, 3.8) is 0 Å². The summed E-state index contributed by atoms with van der Waals surface area (Å²) >= 11 is 0. The maximum atomic E-state index is 10.7. The first-order chi connectivity index (χ1) is 6.22. The maximum Gasteiger partial charge on any atom is 0.216 e. The second-order valence-corrected chi connectivity index (χ2v) is 4.07. The monoisotopic (exact) mass is 184 g/mol. The molecule has 1 aliphatic rings. The lowest BCUT2D eigenvalue weighted by Crippen LogP contribution is -2.31. The van der Waals surface area contributed by atoms with Crippen molar-refractivity contribution in [2.75, 3.05) is 13.1 Å². The van der Waals surface area contributed by atoms with Crippen molar-refractivity contribution in [1.29, 1.82) is 0 Å². The molecule has 0 spiro atoms. The van der Waals surface area contributed by atoms with Crippen molar-refractivity contribution in [1.82, 2.24) is 5.32 Å².